The fourth-order valence-electron chi connectivity index (χ4n) is 2.05. The highest BCUT2D eigenvalue weighted by Crippen LogP contribution is 2.26. The molecule has 2 aromatic rings. The molecule has 0 saturated carbocycles. The predicted octanol–water partition coefficient (Wildman–Crippen LogP) is 3.97. The van der Waals surface area contributed by atoms with Crippen LogP contribution in [0, 0.1) is 0 Å². The van der Waals surface area contributed by atoms with Crippen molar-refractivity contribution < 1.29 is 14.2 Å². The van der Waals surface area contributed by atoms with E-state index >= 15 is 0 Å². The minimum atomic E-state index is 0.146. The van der Waals surface area contributed by atoms with Crippen molar-refractivity contribution in [1.29, 1.82) is 0 Å². The van der Waals surface area contributed by atoms with Gasteiger partial charge in [-0.25, -0.2) is 0 Å². The van der Waals surface area contributed by atoms with E-state index < -0.39 is 0 Å². The molecular formula is C18H23NO3. The van der Waals surface area contributed by atoms with Crippen LogP contribution in [-0.2, 0) is 0 Å². The Balaban J connectivity index is 1.86. The number of para-hydroxylation sites is 4. The molecule has 0 spiro atoms. The lowest BCUT2D eigenvalue weighted by molar-refractivity contribution is 0.243. The van der Waals surface area contributed by atoms with Crippen molar-refractivity contribution >= 4 is 5.69 Å². The molecule has 0 heterocycles. The van der Waals surface area contributed by atoms with Crippen LogP contribution in [0.1, 0.15) is 13.8 Å². The van der Waals surface area contributed by atoms with E-state index in [2.05, 4.69) is 5.32 Å². The lowest BCUT2D eigenvalue weighted by atomic mass is 10.3. The number of methoxy groups -OCH3 is 1. The van der Waals surface area contributed by atoms with E-state index in [-0.39, 0.29) is 6.10 Å². The molecule has 0 unspecified atom stereocenters. The molecule has 0 fully saturated rings. The van der Waals surface area contributed by atoms with Gasteiger partial charge in [0.15, 0.2) is 11.5 Å². The first kappa shape index (κ1) is 16.0. The monoisotopic (exact) mass is 301 g/mol. The van der Waals surface area contributed by atoms with Crippen molar-refractivity contribution in [1.82, 2.24) is 0 Å². The minimum Gasteiger partial charge on any atom is -0.493 e. The normalized spacial score (nSPS) is 10.4. The summed E-state index contributed by atoms with van der Waals surface area (Å²) < 4.78 is 16.8. The zero-order valence-corrected chi connectivity index (χ0v) is 13.3. The van der Waals surface area contributed by atoms with E-state index in [1.807, 2.05) is 62.4 Å². The van der Waals surface area contributed by atoms with Crippen LogP contribution in [-0.4, -0.2) is 26.4 Å². The second kappa shape index (κ2) is 8.17. The molecule has 1 N–H and O–H groups in total. The number of nitrogens with one attached hydrogen (secondary N) is 1. The summed E-state index contributed by atoms with van der Waals surface area (Å²) in [7, 11) is 1.64. The SMILES string of the molecule is COc1ccccc1OCCNc1ccccc1OC(C)C. The van der Waals surface area contributed by atoms with E-state index in [0.717, 1.165) is 22.9 Å². The summed E-state index contributed by atoms with van der Waals surface area (Å²) in [5.74, 6) is 2.35. The molecule has 22 heavy (non-hydrogen) atoms. The van der Waals surface area contributed by atoms with Crippen molar-refractivity contribution in [3.8, 4) is 17.2 Å². The first-order valence-electron chi connectivity index (χ1n) is 7.46. The third kappa shape index (κ3) is 4.58. The summed E-state index contributed by atoms with van der Waals surface area (Å²) in [6, 6.07) is 15.5. The molecule has 2 rings (SSSR count). The molecule has 118 valence electrons. The Morgan fingerprint density at radius 3 is 2.23 bits per heavy atom. The third-order valence-corrected chi connectivity index (χ3v) is 2.99. The van der Waals surface area contributed by atoms with Crippen molar-refractivity contribution in [2.45, 2.75) is 20.0 Å². The molecule has 0 aromatic heterocycles. The van der Waals surface area contributed by atoms with E-state index in [9.17, 15) is 0 Å². The van der Waals surface area contributed by atoms with Crippen molar-refractivity contribution in [3.05, 3.63) is 48.5 Å². The van der Waals surface area contributed by atoms with Crippen molar-refractivity contribution in [2.24, 2.45) is 0 Å². The Morgan fingerprint density at radius 2 is 1.55 bits per heavy atom. The Kier molecular flexibility index (Phi) is 5.95. The topological polar surface area (TPSA) is 39.7 Å². The fraction of sp³-hybridized carbons (Fsp3) is 0.333. The van der Waals surface area contributed by atoms with Crippen LogP contribution in [0.15, 0.2) is 48.5 Å². The summed E-state index contributed by atoms with van der Waals surface area (Å²) in [6.07, 6.45) is 0.146. The van der Waals surface area contributed by atoms with Crippen LogP contribution in [0.5, 0.6) is 17.2 Å². The molecule has 4 heteroatoms. The largest absolute Gasteiger partial charge is 0.493 e. The van der Waals surface area contributed by atoms with Gasteiger partial charge < -0.3 is 19.5 Å². The Morgan fingerprint density at radius 1 is 0.909 bits per heavy atom. The van der Waals surface area contributed by atoms with E-state index in [4.69, 9.17) is 14.2 Å². The average molecular weight is 301 g/mol. The molecule has 2 aromatic carbocycles. The second-order valence-corrected chi connectivity index (χ2v) is 5.09. The van der Waals surface area contributed by atoms with Crippen LogP contribution in [0.25, 0.3) is 0 Å². The fourth-order valence-corrected chi connectivity index (χ4v) is 2.05. The summed E-state index contributed by atoms with van der Waals surface area (Å²) in [6.45, 7) is 5.25. The molecule has 0 aliphatic carbocycles. The highest BCUT2D eigenvalue weighted by atomic mass is 16.5. The van der Waals surface area contributed by atoms with Crippen LogP contribution < -0.4 is 19.5 Å². The lowest BCUT2D eigenvalue weighted by Crippen LogP contribution is -2.14. The first-order chi connectivity index (χ1) is 10.7. The summed E-state index contributed by atoms with van der Waals surface area (Å²) in [5.41, 5.74) is 0.972. The summed E-state index contributed by atoms with van der Waals surface area (Å²) in [5, 5.41) is 3.34. The average Bonchev–Trinajstić information content (AvgIpc) is 2.53. The van der Waals surface area contributed by atoms with Crippen LogP contribution in [0.3, 0.4) is 0 Å². The van der Waals surface area contributed by atoms with Gasteiger partial charge >= 0.3 is 0 Å². The molecule has 0 saturated heterocycles. The molecule has 4 nitrogen and oxygen atoms in total. The zero-order chi connectivity index (χ0) is 15.8. The van der Waals surface area contributed by atoms with Crippen LogP contribution in [0.4, 0.5) is 5.69 Å². The van der Waals surface area contributed by atoms with Gasteiger partial charge in [0, 0.05) is 6.54 Å². The number of benzene rings is 2. The van der Waals surface area contributed by atoms with Gasteiger partial charge in [-0.05, 0) is 38.1 Å². The molecule has 0 atom stereocenters. The Hall–Kier alpha value is -2.36. The molecule has 0 radical (unpaired) electrons. The van der Waals surface area contributed by atoms with Gasteiger partial charge in [0.25, 0.3) is 0 Å². The zero-order valence-electron chi connectivity index (χ0n) is 13.3. The van der Waals surface area contributed by atoms with Gasteiger partial charge in [-0.2, -0.15) is 0 Å². The first-order valence-corrected chi connectivity index (χ1v) is 7.46. The maximum Gasteiger partial charge on any atom is 0.161 e. The Bertz CT molecular complexity index is 584. The van der Waals surface area contributed by atoms with Gasteiger partial charge in [0.05, 0.1) is 18.9 Å². The predicted molar refractivity (Wildman–Crippen MR) is 89.2 cm³/mol. The Labute approximate surface area is 132 Å². The standard InChI is InChI=1S/C18H23NO3/c1-14(2)22-16-9-5-4-8-15(16)19-12-13-21-18-11-7-6-10-17(18)20-3/h4-11,14,19H,12-13H2,1-3H3. The number of hydrogen-bond acceptors (Lipinski definition) is 4. The minimum absolute atomic E-state index is 0.146. The number of anilines is 1. The van der Waals surface area contributed by atoms with E-state index in [1.54, 1.807) is 7.11 Å². The molecule has 0 aliphatic rings. The third-order valence-electron chi connectivity index (χ3n) is 2.99. The van der Waals surface area contributed by atoms with E-state index in [0.29, 0.717) is 13.2 Å². The molecular weight excluding hydrogens is 278 g/mol. The molecule has 0 aliphatic heterocycles. The van der Waals surface area contributed by atoms with Gasteiger partial charge in [0.2, 0.25) is 0 Å². The summed E-state index contributed by atoms with van der Waals surface area (Å²) >= 11 is 0. The number of rotatable bonds is 8. The number of ether oxygens (including phenoxy) is 3. The number of hydrogen-bond donors (Lipinski definition) is 1. The van der Waals surface area contributed by atoms with Gasteiger partial charge in [-0.15, -0.1) is 0 Å². The van der Waals surface area contributed by atoms with Gasteiger partial charge in [-0.3, -0.25) is 0 Å². The van der Waals surface area contributed by atoms with E-state index in [1.165, 1.54) is 0 Å². The quantitative estimate of drug-likeness (QED) is 0.749. The summed E-state index contributed by atoms with van der Waals surface area (Å²) in [4.78, 5) is 0. The highest BCUT2D eigenvalue weighted by Gasteiger charge is 2.05. The molecule has 0 bridgehead atoms. The second-order valence-electron chi connectivity index (χ2n) is 5.09. The van der Waals surface area contributed by atoms with Crippen molar-refractivity contribution in [3.63, 3.8) is 0 Å². The van der Waals surface area contributed by atoms with Gasteiger partial charge in [-0.1, -0.05) is 24.3 Å². The highest BCUT2D eigenvalue weighted by molar-refractivity contribution is 5.56. The molecule has 0 amide bonds. The lowest BCUT2D eigenvalue weighted by Gasteiger charge is -2.16. The van der Waals surface area contributed by atoms with Crippen LogP contribution >= 0.6 is 0 Å². The van der Waals surface area contributed by atoms with Crippen molar-refractivity contribution in [2.75, 3.05) is 25.6 Å². The van der Waals surface area contributed by atoms with Crippen LogP contribution in [0.2, 0.25) is 0 Å². The maximum atomic E-state index is 5.77. The smallest absolute Gasteiger partial charge is 0.161 e. The maximum absolute atomic E-state index is 5.77. The van der Waals surface area contributed by atoms with Gasteiger partial charge in [0.1, 0.15) is 12.4 Å².